The average Bonchev–Trinajstić information content (AvgIpc) is 2.85. The van der Waals surface area contributed by atoms with Crippen LogP contribution in [0.4, 0.5) is 0 Å². The molecule has 0 saturated heterocycles. The Balaban J connectivity index is 1.69. The third kappa shape index (κ3) is 4.90. The molecule has 160 valence electrons. The van der Waals surface area contributed by atoms with Crippen LogP contribution in [0.3, 0.4) is 0 Å². The summed E-state index contributed by atoms with van der Waals surface area (Å²) in [6.07, 6.45) is 3.91. The van der Waals surface area contributed by atoms with E-state index in [2.05, 4.69) is 9.97 Å². The summed E-state index contributed by atoms with van der Waals surface area (Å²) in [5.74, 6) is 0.600. The summed E-state index contributed by atoms with van der Waals surface area (Å²) >= 11 is 0. The number of ether oxygens (including phenoxy) is 1. The maximum absolute atomic E-state index is 11.2. The fourth-order valence-corrected chi connectivity index (χ4v) is 3.60. The van der Waals surface area contributed by atoms with E-state index < -0.39 is 10.3 Å². The summed E-state index contributed by atoms with van der Waals surface area (Å²) in [5.41, 5.74) is 4.95. The van der Waals surface area contributed by atoms with Gasteiger partial charge in [0.15, 0.2) is 0 Å². The molecule has 4 rings (SSSR count). The molecule has 0 bridgehead atoms. The van der Waals surface area contributed by atoms with E-state index in [-0.39, 0.29) is 6.61 Å². The molecule has 0 atom stereocenters. The fraction of sp³-hybridized carbons (Fsp3) is 0.120. The number of benzene rings is 1. The van der Waals surface area contributed by atoms with E-state index in [1.54, 1.807) is 19.3 Å². The van der Waals surface area contributed by atoms with Crippen molar-refractivity contribution in [1.82, 2.24) is 15.0 Å². The lowest BCUT2D eigenvalue weighted by molar-refractivity contribution is 0.376. The van der Waals surface area contributed by atoms with Crippen molar-refractivity contribution in [2.75, 3.05) is 6.61 Å². The third-order valence-corrected chi connectivity index (χ3v) is 5.80. The molecule has 3 heterocycles. The Kier molecular flexibility index (Phi) is 6.67. The average molecular weight is 444 g/mol. The number of pyridine rings is 3. The molecular weight excluding hydrogens is 422 g/mol. The first-order chi connectivity index (χ1) is 15.7. The van der Waals surface area contributed by atoms with Gasteiger partial charge in [-0.1, -0.05) is 31.2 Å². The Labute approximate surface area is 188 Å². The van der Waals surface area contributed by atoms with Crippen LogP contribution in [0.25, 0.3) is 33.9 Å². The van der Waals surface area contributed by atoms with Gasteiger partial charge in [0.2, 0.25) is 10.3 Å². The lowest BCUT2D eigenvalue weighted by Gasteiger charge is -2.12. The Hall–Kier alpha value is -3.84. The highest BCUT2D eigenvalue weighted by atomic mass is 32.2. The van der Waals surface area contributed by atoms with E-state index in [1.807, 2.05) is 72.8 Å². The molecule has 0 N–H and O–H groups in total. The van der Waals surface area contributed by atoms with E-state index in [0.29, 0.717) is 17.0 Å². The van der Waals surface area contributed by atoms with Crippen molar-refractivity contribution in [3.05, 3.63) is 85.2 Å². The first-order valence-electron chi connectivity index (χ1n) is 10.2. The minimum atomic E-state index is -2.23. The lowest BCUT2D eigenvalue weighted by atomic mass is 10.0. The Morgan fingerprint density at radius 1 is 0.812 bits per heavy atom. The van der Waals surface area contributed by atoms with Gasteiger partial charge in [0, 0.05) is 18.0 Å². The first-order valence-corrected chi connectivity index (χ1v) is 11.2. The predicted octanol–water partition coefficient (Wildman–Crippen LogP) is 4.71. The van der Waals surface area contributed by atoms with Crippen molar-refractivity contribution in [2.45, 2.75) is 13.3 Å². The van der Waals surface area contributed by atoms with Crippen molar-refractivity contribution in [3.8, 4) is 39.7 Å². The van der Waals surface area contributed by atoms with Crippen LogP contribution in [0.1, 0.15) is 13.3 Å². The normalized spacial score (nSPS) is 10.5. The Morgan fingerprint density at radius 3 is 2.09 bits per heavy atom. The van der Waals surface area contributed by atoms with Gasteiger partial charge in [0.05, 0.1) is 27.6 Å². The zero-order valence-electron chi connectivity index (χ0n) is 17.5. The molecule has 1 aromatic carbocycles. The second-order valence-corrected chi connectivity index (χ2v) is 8.01. The van der Waals surface area contributed by atoms with Crippen molar-refractivity contribution in [3.63, 3.8) is 0 Å². The van der Waals surface area contributed by atoms with Crippen LogP contribution in [-0.2, 0) is 10.3 Å². The third-order valence-electron chi connectivity index (χ3n) is 4.93. The van der Waals surface area contributed by atoms with Crippen LogP contribution in [0, 0.1) is 0 Å². The summed E-state index contributed by atoms with van der Waals surface area (Å²) in [6, 6.07) is 22.9. The number of aromatic nitrogens is 3. The second-order valence-electron chi connectivity index (χ2n) is 6.96. The highest BCUT2D eigenvalue weighted by Gasteiger charge is 2.13. The molecule has 0 fully saturated rings. The number of rotatable bonds is 7. The van der Waals surface area contributed by atoms with E-state index >= 15 is 0 Å². The van der Waals surface area contributed by atoms with Crippen LogP contribution in [-0.4, -0.2) is 34.8 Å². The first kappa shape index (κ1) is 21.4. The number of hydrogen-bond acceptors (Lipinski definition) is 6. The molecular formula is C25H21N3O3S. The molecule has 0 spiro atoms. The van der Waals surface area contributed by atoms with Crippen LogP contribution in [0.2, 0.25) is 0 Å². The molecule has 0 aliphatic rings. The largest absolute Gasteiger partial charge is 0.488 e. The maximum atomic E-state index is 11.2. The van der Waals surface area contributed by atoms with E-state index in [4.69, 9.17) is 9.72 Å². The molecule has 0 radical (unpaired) electrons. The number of hydrogen-bond donors (Lipinski definition) is 0. The van der Waals surface area contributed by atoms with Crippen LogP contribution in [0.5, 0.6) is 5.75 Å². The molecule has 7 heteroatoms. The van der Waals surface area contributed by atoms with Crippen LogP contribution < -0.4 is 4.74 Å². The van der Waals surface area contributed by atoms with Gasteiger partial charge in [-0.15, -0.1) is 0 Å². The molecule has 6 nitrogen and oxygen atoms in total. The highest BCUT2D eigenvalue weighted by molar-refractivity contribution is 7.73. The van der Waals surface area contributed by atoms with E-state index in [9.17, 15) is 8.42 Å². The van der Waals surface area contributed by atoms with Crippen molar-refractivity contribution < 1.29 is 13.2 Å². The number of nitrogens with zero attached hydrogens (tertiary/aromatic N) is 3. The molecule has 4 aromatic rings. The lowest BCUT2D eigenvalue weighted by Crippen LogP contribution is -2.11. The van der Waals surface area contributed by atoms with E-state index in [0.717, 1.165) is 33.9 Å². The van der Waals surface area contributed by atoms with Gasteiger partial charge < -0.3 is 4.74 Å². The van der Waals surface area contributed by atoms with E-state index in [1.165, 1.54) is 0 Å². The zero-order chi connectivity index (χ0) is 22.3. The van der Waals surface area contributed by atoms with Gasteiger partial charge in [-0.3, -0.25) is 9.97 Å². The fourth-order valence-electron chi connectivity index (χ4n) is 3.21. The maximum Gasteiger partial charge on any atom is 0.216 e. The van der Waals surface area contributed by atoms with Gasteiger partial charge in [0.1, 0.15) is 12.4 Å². The van der Waals surface area contributed by atoms with Crippen LogP contribution >= 0.6 is 0 Å². The quantitative estimate of drug-likeness (QED) is 0.385. The van der Waals surface area contributed by atoms with Gasteiger partial charge in [-0.2, -0.15) is 8.42 Å². The van der Waals surface area contributed by atoms with Gasteiger partial charge >= 0.3 is 0 Å². The predicted molar refractivity (Wildman–Crippen MR) is 126 cm³/mol. The van der Waals surface area contributed by atoms with Gasteiger partial charge in [-0.25, -0.2) is 4.98 Å². The Bertz CT molecular complexity index is 1330. The zero-order valence-corrected chi connectivity index (χ0v) is 18.3. The van der Waals surface area contributed by atoms with Crippen molar-refractivity contribution in [2.24, 2.45) is 0 Å². The minimum absolute atomic E-state index is 0.0471. The second kappa shape index (κ2) is 9.98. The molecule has 0 saturated carbocycles. The summed E-state index contributed by atoms with van der Waals surface area (Å²) in [4.78, 5) is 14.1. The molecule has 0 aliphatic heterocycles. The van der Waals surface area contributed by atoms with Crippen molar-refractivity contribution in [1.29, 1.82) is 0 Å². The van der Waals surface area contributed by atoms with Gasteiger partial charge in [0.25, 0.3) is 0 Å². The summed E-state index contributed by atoms with van der Waals surface area (Å²) in [6.45, 7) is 1.84. The smallest absolute Gasteiger partial charge is 0.216 e. The SMILES string of the molecule is CCC(COc1ccc(-c2ccc(-c3ccccn3)nc2-c2ccccn2)cc1)=S(=O)=O. The Morgan fingerprint density at radius 2 is 1.50 bits per heavy atom. The van der Waals surface area contributed by atoms with Crippen molar-refractivity contribution >= 4 is 15.2 Å². The highest BCUT2D eigenvalue weighted by Crippen LogP contribution is 2.32. The topological polar surface area (TPSA) is 82.0 Å². The molecule has 32 heavy (non-hydrogen) atoms. The monoisotopic (exact) mass is 443 g/mol. The molecule has 0 amide bonds. The standard InChI is InChI=1S/C25H21N3O3S/c1-2-20(32(29)30)17-31-19-11-9-18(10-12-19)21-13-14-23(22-7-3-5-15-26-22)28-25(21)24-8-4-6-16-27-24/h3-16H,2,17H2,1H3. The minimum Gasteiger partial charge on any atom is -0.488 e. The molecule has 0 unspecified atom stereocenters. The summed E-state index contributed by atoms with van der Waals surface area (Å²) in [5, 5.41) is 0. The summed E-state index contributed by atoms with van der Waals surface area (Å²) < 4.78 is 28.0. The van der Waals surface area contributed by atoms with Gasteiger partial charge in [-0.05, 0) is 60.5 Å². The van der Waals surface area contributed by atoms with Crippen LogP contribution in [0.15, 0.2) is 85.2 Å². The summed E-state index contributed by atoms with van der Waals surface area (Å²) in [7, 11) is -2.23. The molecule has 3 aromatic heterocycles. The molecule has 0 aliphatic carbocycles.